The third-order valence-electron chi connectivity index (χ3n) is 2.85. The number of hydrogen-bond donors (Lipinski definition) is 1. The van der Waals surface area contributed by atoms with Gasteiger partial charge in [-0.3, -0.25) is 0 Å². The standard InChI is InChI=1S/C13H15Br2N3/c1-8-13(15)9(2)18(17-8)12-6-11(14)5-4-10(12)7-16-3/h4-6,16H,7H2,1-3H3. The van der Waals surface area contributed by atoms with E-state index in [0.717, 1.165) is 32.6 Å². The highest BCUT2D eigenvalue weighted by atomic mass is 79.9. The summed E-state index contributed by atoms with van der Waals surface area (Å²) in [6.45, 7) is 4.88. The summed E-state index contributed by atoms with van der Waals surface area (Å²) in [5.74, 6) is 0. The second-order valence-electron chi connectivity index (χ2n) is 4.20. The second-order valence-corrected chi connectivity index (χ2v) is 5.91. The summed E-state index contributed by atoms with van der Waals surface area (Å²) in [5, 5.41) is 7.77. The molecule has 2 rings (SSSR count). The molecule has 96 valence electrons. The van der Waals surface area contributed by atoms with Gasteiger partial charge in [0.05, 0.1) is 21.5 Å². The molecule has 0 bridgehead atoms. The fraction of sp³-hybridized carbons (Fsp3) is 0.308. The van der Waals surface area contributed by atoms with Crippen molar-refractivity contribution in [3.8, 4) is 5.69 Å². The van der Waals surface area contributed by atoms with Gasteiger partial charge in [-0.1, -0.05) is 22.0 Å². The first-order valence-electron chi connectivity index (χ1n) is 5.69. The van der Waals surface area contributed by atoms with Crippen molar-refractivity contribution in [2.75, 3.05) is 7.05 Å². The summed E-state index contributed by atoms with van der Waals surface area (Å²) in [5.41, 5.74) is 4.44. The Morgan fingerprint density at radius 3 is 2.56 bits per heavy atom. The molecule has 0 radical (unpaired) electrons. The molecule has 0 saturated carbocycles. The SMILES string of the molecule is CNCc1ccc(Br)cc1-n1nc(C)c(Br)c1C. The van der Waals surface area contributed by atoms with Crippen LogP contribution < -0.4 is 5.32 Å². The van der Waals surface area contributed by atoms with E-state index < -0.39 is 0 Å². The van der Waals surface area contributed by atoms with E-state index in [2.05, 4.69) is 67.4 Å². The Balaban J connectivity index is 2.61. The molecule has 1 aromatic heterocycles. The van der Waals surface area contributed by atoms with Crippen molar-refractivity contribution in [3.63, 3.8) is 0 Å². The number of hydrogen-bond acceptors (Lipinski definition) is 2. The quantitative estimate of drug-likeness (QED) is 0.889. The molecule has 0 spiro atoms. The predicted octanol–water partition coefficient (Wildman–Crippen LogP) is 3.73. The van der Waals surface area contributed by atoms with Crippen molar-refractivity contribution in [2.45, 2.75) is 20.4 Å². The third-order valence-corrected chi connectivity index (χ3v) is 4.49. The topological polar surface area (TPSA) is 29.9 Å². The Kier molecular flexibility index (Phi) is 4.25. The maximum atomic E-state index is 4.59. The van der Waals surface area contributed by atoms with Crippen molar-refractivity contribution in [2.24, 2.45) is 0 Å². The lowest BCUT2D eigenvalue weighted by Gasteiger charge is -2.11. The Morgan fingerprint density at radius 2 is 2.00 bits per heavy atom. The molecule has 2 aromatic rings. The second kappa shape index (κ2) is 5.55. The molecule has 0 aliphatic rings. The van der Waals surface area contributed by atoms with Gasteiger partial charge in [-0.25, -0.2) is 4.68 Å². The summed E-state index contributed by atoms with van der Waals surface area (Å²) in [6.07, 6.45) is 0. The zero-order valence-corrected chi connectivity index (χ0v) is 13.8. The fourth-order valence-electron chi connectivity index (χ4n) is 1.93. The molecule has 0 unspecified atom stereocenters. The van der Waals surface area contributed by atoms with Crippen LogP contribution in [0.2, 0.25) is 0 Å². The molecule has 3 nitrogen and oxygen atoms in total. The molecule has 0 amide bonds. The Morgan fingerprint density at radius 1 is 1.28 bits per heavy atom. The molecule has 1 heterocycles. The normalized spacial score (nSPS) is 10.9. The van der Waals surface area contributed by atoms with Gasteiger partial charge in [0.25, 0.3) is 0 Å². The zero-order chi connectivity index (χ0) is 13.3. The van der Waals surface area contributed by atoms with Gasteiger partial charge in [-0.05, 0) is 54.5 Å². The average molecular weight is 373 g/mol. The minimum atomic E-state index is 0.818. The number of aryl methyl sites for hydroxylation is 1. The first-order chi connectivity index (χ1) is 8.54. The van der Waals surface area contributed by atoms with Crippen molar-refractivity contribution in [1.82, 2.24) is 15.1 Å². The number of benzene rings is 1. The summed E-state index contributed by atoms with van der Waals surface area (Å²) >= 11 is 7.09. The predicted molar refractivity (Wildman–Crippen MR) is 81.2 cm³/mol. The number of nitrogens with one attached hydrogen (secondary N) is 1. The zero-order valence-electron chi connectivity index (χ0n) is 10.6. The van der Waals surface area contributed by atoms with Crippen LogP contribution in [0.4, 0.5) is 0 Å². The van der Waals surface area contributed by atoms with Crippen molar-refractivity contribution < 1.29 is 0 Å². The van der Waals surface area contributed by atoms with E-state index in [-0.39, 0.29) is 0 Å². The highest BCUT2D eigenvalue weighted by Gasteiger charge is 2.13. The average Bonchev–Trinajstić information content (AvgIpc) is 2.60. The summed E-state index contributed by atoms with van der Waals surface area (Å²) in [4.78, 5) is 0. The first kappa shape index (κ1) is 13.8. The van der Waals surface area contributed by atoms with E-state index in [1.165, 1.54) is 5.56 Å². The number of aromatic nitrogens is 2. The Hall–Kier alpha value is -0.650. The van der Waals surface area contributed by atoms with Crippen LogP contribution in [-0.2, 0) is 6.54 Å². The summed E-state index contributed by atoms with van der Waals surface area (Å²) in [7, 11) is 1.95. The molecule has 1 aromatic carbocycles. The van der Waals surface area contributed by atoms with Gasteiger partial charge in [0.15, 0.2) is 0 Å². The highest BCUT2D eigenvalue weighted by molar-refractivity contribution is 9.10. The lowest BCUT2D eigenvalue weighted by atomic mass is 10.1. The van der Waals surface area contributed by atoms with Crippen LogP contribution in [0.1, 0.15) is 17.0 Å². The molecule has 0 atom stereocenters. The molecule has 0 fully saturated rings. The molecule has 0 saturated heterocycles. The number of halogens is 2. The smallest absolute Gasteiger partial charge is 0.0743 e. The fourth-order valence-corrected chi connectivity index (χ4v) is 2.53. The molecular formula is C13H15Br2N3. The van der Waals surface area contributed by atoms with E-state index in [4.69, 9.17) is 0 Å². The highest BCUT2D eigenvalue weighted by Crippen LogP contribution is 2.26. The van der Waals surface area contributed by atoms with Gasteiger partial charge in [0.2, 0.25) is 0 Å². The molecule has 5 heteroatoms. The number of nitrogens with zero attached hydrogens (tertiary/aromatic N) is 2. The van der Waals surface area contributed by atoms with Gasteiger partial charge in [-0.15, -0.1) is 0 Å². The lowest BCUT2D eigenvalue weighted by Crippen LogP contribution is -2.10. The maximum absolute atomic E-state index is 4.59. The van der Waals surface area contributed by atoms with E-state index >= 15 is 0 Å². The number of rotatable bonds is 3. The monoisotopic (exact) mass is 371 g/mol. The first-order valence-corrected chi connectivity index (χ1v) is 7.28. The van der Waals surface area contributed by atoms with Gasteiger partial charge in [0, 0.05) is 11.0 Å². The largest absolute Gasteiger partial charge is 0.316 e. The Labute approximate surface area is 124 Å². The van der Waals surface area contributed by atoms with Crippen LogP contribution >= 0.6 is 31.9 Å². The third kappa shape index (κ3) is 2.53. The molecule has 1 N–H and O–H groups in total. The van der Waals surface area contributed by atoms with Gasteiger partial charge in [0.1, 0.15) is 0 Å². The lowest BCUT2D eigenvalue weighted by molar-refractivity contribution is 0.774. The summed E-state index contributed by atoms with van der Waals surface area (Å²) in [6, 6.07) is 6.26. The van der Waals surface area contributed by atoms with Crippen LogP contribution in [0.5, 0.6) is 0 Å². The van der Waals surface area contributed by atoms with E-state index in [9.17, 15) is 0 Å². The van der Waals surface area contributed by atoms with Gasteiger partial charge >= 0.3 is 0 Å². The van der Waals surface area contributed by atoms with Crippen molar-refractivity contribution >= 4 is 31.9 Å². The molecule has 0 aliphatic heterocycles. The molecular weight excluding hydrogens is 358 g/mol. The van der Waals surface area contributed by atoms with Crippen LogP contribution in [0.3, 0.4) is 0 Å². The van der Waals surface area contributed by atoms with E-state index in [0.29, 0.717) is 0 Å². The van der Waals surface area contributed by atoms with Crippen molar-refractivity contribution in [1.29, 1.82) is 0 Å². The van der Waals surface area contributed by atoms with Crippen molar-refractivity contribution in [3.05, 3.63) is 44.1 Å². The van der Waals surface area contributed by atoms with Gasteiger partial charge in [-0.2, -0.15) is 5.10 Å². The Bertz CT molecular complexity index is 576. The maximum Gasteiger partial charge on any atom is 0.0743 e. The molecule has 0 aliphatic carbocycles. The van der Waals surface area contributed by atoms with Crippen LogP contribution in [-0.4, -0.2) is 16.8 Å². The summed E-state index contributed by atoms with van der Waals surface area (Å²) < 4.78 is 4.11. The molecule has 18 heavy (non-hydrogen) atoms. The minimum Gasteiger partial charge on any atom is -0.316 e. The van der Waals surface area contributed by atoms with E-state index in [1.54, 1.807) is 0 Å². The minimum absolute atomic E-state index is 0.818. The van der Waals surface area contributed by atoms with Gasteiger partial charge < -0.3 is 5.32 Å². The van der Waals surface area contributed by atoms with Crippen LogP contribution in [0.15, 0.2) is 27.1 Å². The van der Waals surface area contributed by atoms with Crippen LogP contribution in [0.25, 0.3) is 5.69 Å². The van der Waals surface area contributed by atoms with Crippen LogP contribution in [0, 0.1) is 13.8 Å². The van der Waals surface area contributed by atoms with E-state index in [1.807, 2.05) is 18.7 Å².